The second kappa shape index (κ2) is 13.8. The van der Waals surface area contributed by atoms with Gasteiger partial charge < -0.3 is 18.8 Å². The standard InChI is InChI=1S/C34H38F2N2O5S.ClH/c1-41-34(11-16-42-17-12-34)25-18-27(36)20-28(19-25)43-15-3-13-37-14-10-33-31(23-37)30-21-26(35)6-9-32(30)38(33)22-24-4-7-29(8-5-24)44(2,39)40;/h4-9,18-21H,3,10-17,22-23H2,1-2H3;1H. The number of sulfone groups is 1. The molecular weight excluding hydrogens is 622 g/mol. The predicted octanol–water partition coefficient (Wildman–Crippen LogP) is 6.27. The molecular formula is C34H39ClF2N2O5S. The highest BCUT2D eigenvalue weighted by molar-refractivity contribution is 7.90. The molecule has 0 radical (unpaired) electrons. The van der Waals surface area contributed by atoms with E-state index in [0.29, 0.717) is 56.4 Å². The van der Waals surface area contributed by atoms with Crippen LogP contribution in [0.5, 0.6) is 5.75 Å². The lowest BCUT2D eigenvalue weighted by atomic mass is 9.86. The molecule has 1 aromatic heterocycles. The van der Waals surface area contributed by atoms with Crippen LogP contribution in [0.15, 0.2) is 65.6 Å². The van der Waals surface area contributed by atoms with E-state index >= 15 is 0 Å². The normalized spacial score (nSPS) is 16.7. The predicted molar refractivity (Wildman–Crippen MR) is 172 cm³/mol. The minimum Gasteiger partial charge on any atom is -0.493 e. The van der Waals surface area contributed by atoms with E-state index in [4.69, 9.17) is 14.2 Å². The summed E-state index contributed by atoms with van der Waals surface area (Å²) in [6.45, 7) is 4.48. The maximum absolute atomic E-state index is 14.6. The van der Waals surface area contributed by atoms with E-state index < -0.39 is 15.4 Å². The van der Waals surface area contributed by atoms with E-state index in [9.17, 15) is 17.2 Å². The lowest BCUT2D eigenvalue weighted by molar-refractivity contribution is -0.0950. The Balaban J connectivity index is 0.00000400. The number of methoxy groups -OCH3 is 1. The van der Waals surface area contributed by atoms with Gasteiger partial charge in [0.05, 0.1) is 17.1 Å². The number of halogens is 3. The minimum absolute atomic E-state index is 0. The molecule has 1 saturated heterocycles. The van der Waals surface area contributed by atoms with Crippen molar-refractivity contribution in [3.63, 3.8) is 0 Å². The molecule has 2 aliphatic heterocycles. The van der Waals surface area contributed by atoms with Crippen LogP contribution < -0.4 is 4.74 Å². The molecule has 0 aliphatic carbocycles. The smallest absolute Gasteiger partial charge is 0.175 e. The Morgan fingerprint density at radius 3 is 2.44 bits per heavy atom. The highest BCUT2D eigenvalue weighted by atomic mass is 35.5. The first-order valence-corrected chi connectivity index (χ1v) is 16.9. The van der Waals surface area contributed by atoms with Crippen molar-refractivity contribution in [1.82, 2.24) is 9.47 Å². The van der Waals surface area contributed by atoms with Crippen molar-refractivity contribution in [2.45, 2.75) is 49.3 Å². The number of fused-ring (bicyclic) bond motifs is 3. The van der Waals surface area contributed by atoms with Crippen molar-refractivity contribution in [2.75, 3.05) is 46.3 Å². The van der Waals surface area contributed by atoms with Crippen molar-refractivity contribution in [2.24, 2.45) is 0 Å². The molecule has 0 spiro atoms. The number of rotatable bonds is 10. The van der Waals surface area contributed by atoms with Gasteiger partial charge in [-0.1, -0.05) is 12.1 Å². The van der Waals surface area contributed by atoms with Crippen molar-refractivity contribution < 1.29 is 31.4 Å². The SMILES string of the molecule is COC1(c2cc(F)cc(OCCCN3CCc4c(c5cc(F)ccc5n4Cc4ccc(S(C)(=O)=O)cc4)C3)c2)CCOCC1.Cl. The summed E-state index contributed by atoms with van der Waals surface area (Å²) in [5.74, 6) is -0.128. The number of hydrogen-bond donors (Lipinski definition) is 0. The van der Waals surface area contributed by atoms with Crippen molar-refractivity contribution >= 4 is 33.1 Å². The summed E-state index contributed by atoms with van der Waals surface area (Å²) in [6, 6.07) is 16.7. The van der Waals surface area contributed by atoms with Gasteiger partial charge in [0, 0.05) is 94.7 Å². The summed E-state index contributed by atoms with van der Waals surface area (Å²) >= 11 is 0. The molecule has 0 unspecified atom stereocenters. The first-order chi connectivity index (χ1) is 21.1. The van der Waals surface area contributed by atoms with E-state index in [2.05, 4.69) is 9.47 Å². The lowest BCUT2D eigenvalue weighted by Gasteiger charge is -2.36. The zero-order valence-electron chi connectivity index (χ0n) is 25.6. The Bertz CT molecular complexity index is 1750. The molecule has 3 heterocycles. The third-order valence-electron chi connectivity index (χ3n) is 8.96. The number of nitrogens with zero attached hydrogens (tertiary/aromatic N) is 2. The number of ether oxygens (including phenoxy) is 3. The third kappa shape index (κ3) is 7.20. The van der Waals surface area contributed by atoms with E-state index in [-0.39, 0.29) is 24.0 Å². The quantitative estimate of drug-likeness (QED) is 0.187. The molecule has 0 amide bonds. The fourth-order valence-electron chi connectivity index (χ4n) is 6.57. The van der Waals surface area contributed by atoms with Crippen molar-refractivity contribution in [1.29, 1.82) is 0 Å². The molecule has 1 fully saturated rings. The van der Waals surface area contributed by atoms with E-state index in [1.54, 1.807) is 25.3 Å². The Morgan fingerprint density at radius 1 is 0.978 bits per heavy atom. The molecule has 0 bridgehead atoms. The number of hydrogen-bond acceptors (Lipinski definition) is 6. The summed E-state index contributed by atoms with van der Waals surface area (Å²) in [5.41, 5.74) is 4.45. The van der Waals surface area contributed by atoms with E-state index in [0.717, 1.165) is 53.5 Å². The topological polar surface area (TPSA) is 70.0 Å². The summed E-state index contributed by atoms with van der Waals surface area (Å²) in [4.78, 5) is 2.64. The average molecular weight is 661 g/mol. The molecule has 11 heteroatoms. The molecule has 3 aromatic carbocycles. The molecule has 242 valence electrons. The molecule has 6 rings (SSSR count). The Morgan fingerprint density at radius 2 is 1.73 bits per heavy atom. The van der Waals surface area contributed by atoms with Gasteiger partial charge in [0.15, 0.2) is 9.84 Å². The number of benzene rings is 3. The van der Waals surface area contributed by atoms with Gasteiger partial charge in [-0.3, -0.25) is 4.90 Å². The van der Waals surface area contributed by atoms with Crippen molar-refractivity contribution in [3.8, 4) is 5.75 Å². The zero-order valence-corrected chi connectivity index (χ0v) is 27.2. The molecule has 45 heavy (non-hydrogen) atoms. The highest BCUT2D eigenvalue weighted by Gasteiger charge is 2.35. The van der Waals surface area contributed by atoms with Gasteiger partial charge in [0.2, 0.25) is 0 Å². The molecule has 0 N–H and O–H groups in total. The molecule has 0 atom stereocenters. The average Bonchev–Trinajstić information content (AvgIpc) is 3.30. The fourth-order valence-corrected chi connectivity index (χ4v) is 7.20. The van der Waals surface area contributed by atoms with Crippen LogP contribution in [0.3, 0.4) is 0 Å². The number of aromatic nitrogens is 1. The Hall–Kier alpha value is -3.02. The molecule has 2 aliphatic rings. The highest BCUT2D eigenvalue weighted by Crippen LogP contribution is 2.38. The molecule has 4 aromatic rings. The summed E-state index contributed by atoms with van der Waals surface area (Å²) in [7, 11) is -1.61. The van der Waals surface area contributed by atoms with Gasteiger partial charge in [0.1, 0.15) is 17.4 Å². The lowest BCUT2D eigenvalue weighted by Crippen LogP contribution is -2.35. The summed E-state index contributed by atoms with van der Waals surface area (Å²) < 4.78 is 72.3. The van der Waals surface area contributed by atoms with E-state index in [1.165, 1.54) is 30.1 Å². The first-order valence-electron chi connectivity index (χ1n) is 15.0. The van der Waals surface area contributed by atoms with E-state index in [1.807, 2.05) is 24.3 Å². The maximum Gasteiger partial charge on any atom is 0.175 e. The van der Waals surface area contributed by atoms with Crippen LogP contribution in [-0.4, -0.2) is 64.2 Å². The second-order valence-electron chi connectivity index (χ2n) is 11.8. The molecule has 0 saturated carbocycles. The van der Waals surface area contributed by atoms with Gasteiger partial charge in [-0.2, -0.15) is 0 Å². The molecule has 7 nitrogen and oxygen atoms in total. The zero-order chi connectivity index (χ0) is 30.9. The first kappa shape index (κ1) is 33.3. The largest absolute Gasteiger partial charge is 0.493 e. The van der Waals surface area contributed by atoms with Crippen LogP contribution in [0, 0.1) is 11.6 Å². The van der Waals surface area contributed by atoms with Crippen LogP contribution in [0.25, 0.3) is 10.9 Å². The van der Waals surface area contributed by atoms with Gasteiger partial charge in [-0.15, -0.1) is 12.4 Å². The Labute approximate surface area is 269 Å². The second-order valence-corrected chi connectivity index (χ2v) is 13.8. The van der Waals surface area contributed by atoms with Crippen LogP contribution in [0.1, 0.15) is 41.6 Å². The van der Waals surface area contributed by atoms with Gasteiger partial charge in [0.25, 0.3) is 0 Å². The van der Waals surface area contributed by atoms with Gasteiger partial charge in [-0.25, -0.2) is 17.2 Å². The maximum atomic E-state index is 14.6. The van der Waals surface area contributed by atoms with Crippen LogP contribution in [-0.2, 0) is 44.4 Å². The van der Waals surface area contributed by atoms with Crippen LogP contribution >= 0.6 is 12.4 Å². The van der Waals surface area contributed by atoms with Crippen molar-refractivity contribution in [3.05, 3.63) is 94.7 Å². The monoisotopic (exact) mass is 660 g/mol. The fraction of sp³-hybridized carbons (Fsp3) is 0.412. The summed E-state index contributed by atoms with van der Waals surface area (Å²) in [6.07, 6.45) is 4.10. The van der Waals surface area contributed by atoms with Gasteiger partial charge in [-0.05, 0) is 65.6 Å². The summed E-state index contributed by atoms with van der Waals surface area (Å²) in [5, 5.41) is 0.904. The minimum atomic E-state index is -3.27. The van der Waals surface area contributed by atoms with Crippen LogP contribution in [0.4, 0.5) is 8.78 Å². The van der Waals surface area contributed by atoms with Gasteiger partial charge >= 0.3 is 0 Å². The van der Waals surface area contributed by atoms with Crippen LogP contribution in [0.2, 0.25) is 0 Å². The third-order valence-corrected chi connectivity index (χ3v) is 10.1. The Kier molecular flexibility index (Phi) is 10.2.